The lowest BCUT2D eigenvalue weighted by atomic mass is 9.89. The number of hydrogen-bond acceptors (Lipinski definition) is 2. The third-order valence-electron chi connectivity index (χ3n) is 2.71. The summed E-state index contributed by atoms with van der Waals surface area (Å²) in [5.41, 5.74) is 0.0567. The number of ketones is 1. The maximum Gasteiger partial charge on any atom is 0.314 e. The molecule has 0 aliphatic heterocycles. The molecule has 0 heterocycles. The molecule has 0 bridgehead atoms. The van der Waals surface area contributed by atoms with Gasteiger partial charge in [-0.15, -0.1) is 0 Å². The fourth-order valence-electron chi connectivity index (χ4n) is 1.81. The lowest BCUT2D eigenvalue weighted by Crippen LogP contribution is -2.36. The van der Waals surface area contributed by atoms with E-state index in [-0.39, 0.29) is 17.2 Å². The molecular weight excluding hydrogens is 240 g/mol. The van der Waals surface area contributed by atoms with Gasteiger partial charge in [0.05, 0.1) is 0 Å². The Kier molecular flexibility index (Phi) is 9.27. The van der Waals surface area contributed by atoms with Gasteiger partial charge >= 0.3 is 6.03 Å². The number of carbonyl (C=O) groups excluding carboxylic acids is 2. The first-order valence-electron chi connectivity index (χ1n) is 7.38. The Labute approximate surface area is 117 Å². The first-order valence-corrected chi connectivity index (χ1v) is 7.38. The smallest absolute Gasteiger partial charge is 0.314 e. The number of unbranched alkanes of at least 4 members (excludes halogenated alkanes) is 2. The lowest BCUT2D eigenvalue weighted by molar-refractivity contribution is -0.120. The summed E-state index contributed by atoms with van der Waals surface area (Å²) in [7, 11) is 0. The molecule has 0 aromatic carbocycles. The molecule has 0 aromatic rings. The molecule has 0 fully saturated rings. The van der Waals surface area contributed by atoms with Crippen LogP contribution in [0, 0.1) is 5.41 Å². The molecule has 2 amide bonds. The first kappa shape index (κ1) is 17.9. The predicted molar refractivity (Wildman–Crippen MR) is 79.2 cm³/mol. The predicted octanol–water partition coefficient (Wildman–Crippen LogP) is 3.26. The van der Waals surface area contributed by atoms with Crippen LogP contribution in [0.1, 0.15) is 66.2 Å². The van der Waals surface area contributed by atoms with E-state index in [4.69, 9.17) is 0 Å². The van der Waals surface area contributed by atoms with Gasteiger partial charge in [0.25, 0.3) is 0 Å². The second kappa shape index (κ2) is 9.82. The fraction of sp³-hybridized carbons (Fsp3) is 0.867. The van der Waals surface area contributed by atoms with E-state index >= 15 is 0 Å². The molecule has 0 saturated carbocycles. The third-order valence-corrected chi connectivity index (χ3v) is 2.71. The van der Waals surface area contributed by atoms with E-state index < -0.39 is 0 Å². The van der Waals surface area contributed by atoms with Crippen LogP contribution in [0.2, 0.25) is 0 Å². The number of rotatable bonds is 9. The molecular formula is C15H30N2O2. The highest BCUT2D eigenvalue weighted by atomic mass is 16.2. The zero-order chi connectivity index (χ0) is 14.7. The van der Waals surface area contributed by atoms with Crippen LogP contribution in [0.15, 0.2) is 0 Å². The Balaban J connectivity index is 3.48. The van der Waals surface area contributed by atoms with Gasteiger partial charge in [0, 0.05) is 25.9 Å². The van der Waals surface area contributed by atoms with Crippen molar-refractivity contribution in [2.75, 3.05) is 13.1 Å². The monoisotopic (exact) mass is 270 g/mol. The molecule has 0 saturated heterocycles. The zero-order valence-corrected chi connectivity index (χ0v) is 13.0. The minimum Gasteiger partial charge on any atom is -0.338 e. The highest BCUT2D eigenvalue weighted by Crippen LogP contribution is 2.19. The molecule has 0 unspecified atom stereocenters. The van der Waals surface area contributed by atoms with Gasteiger partial charge < -0.3 is 10.6 Å². The maximum atomic E-state index is 11.6. The van der Waals surface area contributed by atoms with E-state index in [9.17, 15) is 9.59 Å². The molecule has 0 radical (unpaired) electrons. The highest BCUT2D eigenvalue weighted by molar-refractivity contribution is 5.79. The van der Waals surface area contributed by atoms with Crippen molar-refractivity contribution in [2.45, 2.75) is 66.2 Å². The summed E-state index contributed by atoms with van der Waals surface area (Å²) in [6.45, 7) is 9.61. The van der Waals surface area contributed by atoms with Gasteiger partial charge in [-0.25, -0.2) is 4.79 Å². The van der Waals surface area contributed by atoms with Crippen molar-refractivity contribution in [1.82, 2.24) is 10.6 Å². The summed E-state index contributed by atoms with van der Waals surface area (Å²) in [6.07, 6.45) is 5.19. The van der Waals surface area contributed by atoms with Gasteiger partial charge in [-0.3, -0.25) is 4.79 Å². The second-order valence-electron chi connectivity index (χ2n) is 6.27. The maximum absolute atomic E-state index is 11.6. The molecule has 2 N–H and O–H groups in total. The zero-order valence-electron chi connectivity index (χ0n) is 13.0. The molecule has 0 spiro atoms. The van der Waals surface area contributed by atoms with Crippen molar-refractivity contribution in [2.24, 2.45) is 5.41 Å². The topological polar surface area (TPSA) is 58.2 Å². The SMILES string of the molecule is CCCCCNC(=O)NCCCC(=O)CC(C)(C)C. The average molecular weight is 270 g/mol. The molecule has 0 aromatic heterocycles. The largest absolute Gasteiger partial charge is 0.338 e. The van der Waals surface area contributed by atoms with Crippen molar-refractivity contribution >= 4 is 11.8 Å². The summed E-state index contributed by atoms with van der Waals surface area (Å²) in [5.74, 6) is 0.276. The van der Waals surface area contributed by atoms with Gasteiger partial charge in [0.15, 0.2) is 0 Å². The van der Waals surface area contributed by atoms with Crippen molar-refractivity contribution in [3.8, 4) is 0 Å². The molecule has 0 aliphatic rings. The Bertz CT molecular complexity index is 270. The van der Waals surface area contributed by atoms with E-state index in [0.717, 1.165) is 32.2 Å². The van der Waals surface area contributed by atoms with Gasteiger partial charge in [-0.2, -0.15) is 0 Å². The van der Waals surface area contributed by atoms with Gasteiger partial charge in [-0.1, -0.05) is 40.5 Å². The number of urea groups is 1. The van der Waals surface area contributed by atoms with Crippen molar-refractivity contribution in [1.29, 1.82) is 0 Å². The number of carbonyl (C=O) groups is 2. The summed E-state index contributed by atoms with van der Waals surface area (Å²) in [6, 6.07) is -0.126. The normalized spacial score (nSPS) is 11.2. The Morgan fingerprint density at radius 2 is 1.53 bits per heavy atom. The minimum absolute atomic E-state index is 0.0567. The van der Waals surface area contributed by atoms with Crippen LogP contribution in [0.5, 0.6) is 0 Å². The van der Waals surface area contributed by atoms with Crippen molar-refractivity contribution in [3.05, 3.63) is 0 Å². The molecule has 19 heavy (non-hydrogen) atoms. The fourth-order valence-corrected chi connectivity index (χ4v) is 1.81. The molecule has 0 atom stereocenters. The minimum atomic E-state index is -0.126. The molecule has 4 heteroatoms. The summed E-state index contributed by atoms with van der Waals surface area (Å²) < 4.78 is 0. The van der Waals surface area contributed by atoms with Crippen LogP contribution in [0.4, 0.5) is 4.79 Å². The van der Waals surface area contributed by atoms with Gasteiger partial charge in [0.2, 0.25) is 0 Å². The van der Waals surface area contributed by atoms with Crippen LogP contribution < -0.4 is 10.6 Å². The Morgan fingerprint density at radius 3 is 2.05 bits per heavy atom. The van der Waals surface area contributed by atoms with E-state index in [1.165, 1.54) is 0 Å². The van der Waals surface area contributed by atoms with Gasteiger partial charge in [0.1, 0.15) is 5.78 Å². The molecule has 0 aliphatic carbocycles. The Hall–Kier alpha value is -1.06. The number of nitrogens with one attached hydrogen (secondary N) is 2. The number of amides is 2. The first-order chi connectivity index (χ1) is 8.85. The van der Waals surface area contributed by atoms with Crippen molar-refractivity contribution < 1.29 is 9.59 Å². The van der Waals surface area contributed by atoms with Crippen LogP contribution in [-0.2, 0) is 4.79 Å². The Morgan fingerprint density at radius 1 is 0.947 bits per heavy atom. The molecule has 0 rings (SSSR count). The number of hydrogen-bond donors (Lipinski definition) is 2. The quantitative estimate of drug-likeness (QED) is 0.632. The lowest BCUT2D eigenvalue weighted by Gasteiger charge is -2.16. The molecule has 112 valence electrons. The summed E-state index contributed by atoms with van der Waals surface area (Å²) >= 11 is 0. The van der Waals surface area contributed by atoms with E-state index in [2.05, 4.69) is 38.3 Å². The summed E-state index contributed by atoms with van der Waals surface area (Å²) in [4.78, 5) is 23.0. The van der Waals surface area contributed by atoms with E-state index in [0.29, 0.717) is 19.4 Å². The van der Waals surface area contributed by atoms with E-state index in [1.54, 1.807) is 0 Å². The molecule has 4 nitrogen and oxygen atoms in total. The van der Waals surface area contributed by atoms with Crippen LogP contribution in [-0.4, -0.2) is 24.9 Å². The van der Waals surface area contributed by atoms with Crippen molar-refractivity contribution in [3.63, 3.8) is 0 Å². The van der Waals surface area contributed by atoms with Gasteiger partial charge in [-0.05, 0) is 18.3 Å². The second-order valence-corrected chi connectivity index (χ2v) is 6.27. The number of Topliss-reactive ketones (excluding diaryl/α,β-unsaturated/α-hetero) is 1. The van der Waals surface area contributed by atoms with E-state index in [1.807, 2.05) is 0 Å². The van der Waals surface area contributed by atoms with Crippen LogP contribution in [0.3, 0.4) is 0 Å². The standard InChI is InChI=1S/C15H30N2O2/c1-5-6-7-10-16-14(19)17-11-8-9-13(18)12-15(2,3)4/h5-12H2,1-4H3,(H2,16,17,19). The third kappa shape index (κ3) is 13.2. The average Bonchev–Trinajstić information content (AvgIpc) is 2.28. The van der Waals surface area contributed by atoms with Crippen LogP contribution in [0.25, 0.3) is 0 Å². The van der Waals surface area contributed by atoms with Crippen LogP contribution >= 0.6 is 0 Å². The summed E-state index contributed by atoms with van der Waals surface area (Å²) in [5, 5.41) is 5.58. The highest BCUT2D eigenvalue weighted by Gasteiger charge is 2.15.